The highest BCUT2D eigenvalue weighted by Crippen LogP contribution is 2.20. The third-order valence-corrected chi connectivity index (χ3v) is 2.36. The molecule has 0 spiro atoms. The first kappa shape index (κ1) is 10.6. The van der Waals surface area contributed by atoms with Gasteiger partial charge in [0.25, 0.3) is 0 Å². The molecule has 0 bridgehead atoms. The van der Waals surface area contributed by atoms with Crippen molar-refractivity contribution in [2.45, 2.75) is 26.8 Å². The molecule has 84 valence electrons. The second-order valence-electron chi connectivity index (χ2n) is 4.01. The molecule has 0 saturated heterocycles. The Balaban J connectivity index is 2.48. The molecule has 0 fully saturated rings. The molecule has 2 N–H and O–H groups in total. The molecule has 0 saturated carbocycles. The maximum Gasteiger partial charge on any atom is 0.164 e. The van der Waals surface area contributed by atoms with E-state index in [0.29, 0.717) is 17.7 Å². The molecular formula is C11H15N5. The summed E-state index contributed by atoms with van der Waals surface area (Å²) in [6, 6.07) is 2.00. The summed E-state index contributed by atoms with van der Waals surface area (Å²) in [5, 5.41) is 4.41. The van der Waals surface area contributed by atoms with Crippen molar-refractivity contribution in [2.24, 2.45) is 0 Å². The molecule has 0 aromatic carbocycles. The van der Waals surface area contributed by atoms with Crippen molar-refractivity contribution in [1.29, 1.82) is 0 Å². The molecule has 0 atom stereocenters. The molecule has 0 radical (unpaired) electrons. The van der Waals surface area contributed by atoms with Crippen molar-refractivity contribution in [3.05, 3.63) is 24.2 Å². The summed E-state index contributed by atoms with van der Waals surface area (Å²) in [5.74, 6) is 1.10. The van der Waals surface area contributed by atoms with E-state index < -0.39 is 0 Å². The standard InChI is InChI=1S/C11H15N5/c1-7(2)16-6-9(8(3)15-16)11-13-5-4-10(12)14-11/h4-7H,1-3H3,(H2,12,13,14). The summed E-state index contributed by atoms with van der Waals surface area (Å²) in [4.78, 5) is 8.39. The van der Waals surface area contributed by atoms with Gasteiger partial charge >= 0.3 is 0 Å². The van der Waals surface area contributed by atoms with E-state index >= 15 is 0 Å². The molecule has 0 aliphatic rings. The van der Waals surface area contributed by atoms with E-state index in [4.69, 9.17) is 5.73 Å². The second kappa shape index (κ2) is 3.92. The highest BCUT2D eigenvalue weighted by molar-refractivity contribution is 5.58. The Bertz CT molecular complexity index is 501. The van der Waals surface area contributed by atoms with Crippen LogP contribution in [0, 0.1) is 6.92 Å². The number of nitrogens with two attached hydrogens (primary N) is 1. The van der Waals surface area contributed by atoms with Crippen molar-refractivity contribution in [2.75, 3.05) is 5.73 Å². The molecule has 0 aliphatic heterocycles. The van der Waals surface area contributed by atoms with Gasteiger partial charge in [0.15, 0.2) is 5.82 Å². The highest BCUT2D eigenvalue weighted by atomic mass is 15.3. The first-order valence-electron chi connectivity index (χ1n) is 5.22. The van der Waals surface area contributed by atoms with Crippen molar-refractivity contribution in [3.8, 4) is 11.4 Å². The minimum atomic E-state index is 0.327. The van der Waals surface area contributed by atoms with Gasteiger partial charge in [0.2, 0.25) is 0 Å². The van der Waals surface area contributed by atoms with E-state index in [2.05, 4.69) is 28.9 Å². The largest absolute Gasteiger partial charge is 0.384 e. The smallest absolute Gasteiger partial charge is 0.164 e. The van der Waals surface area contributed by atoms with Crippen LogP contribution in [0.5, 0.6) is 0 Å². The highest BCUT2D eigenvalue weighted by Gasteiger charge is 2.11. The van der Waals surface area contributed by atoms with Gasteiger partial charge < -0.3 is 5.73 Å². The van der Waals surface area contributed by atoms with Crippen LogP contribution in [0.3, 0.4) is 0 Å². The topological polar surface area (TPSA) is 69.6 Å². The third kappa shape index (κ3) is 1.88. The van der Waals surface area contributed by atoms with Crippen LogP contribution >= 0.6 is 0 Å². The molecule has 0 unspecified atom stereocenters. The lowest BCUT2D eigenvalue weighted by molar-refractivity contribution is 0.529. The van der Waals surface area contributed by atoms with Crippen LogP contribution in [0.2, 0.25) is 0 Å². The zero-order valence-corrected chi connectivity index (χ0v) is 9.68. The SMILES string of the molecule is Cc1nn(C(C)C)cc1-c1nccc(N)n1. The van der Waals surface area contributed by atoms with E-state index in [1.165, 1.54) is 0 Å². The summed E-state index contributed by atoms with van der Waals surface area (Å²) < 4.78 is 1.90. The van der Waals surface area contributed by atoms with Crippen LogP contribution in [-0.4, -0.2) is 19.7 Å². The number of aryl methyl sites for hydroxylation is 1. The van der Waals surface area contributed by atoms with Gasteiger partial charge in [-0.2, -0.15) is 5.10 Å². The number of rotatable bonds is 2. The first-order chi connectivity index (χ1) is 7.58. The molecular weight excluding hydrogens is 202 g/mol. The Morgan fingerprint density at radius 1 is 1.38 bits per heavy atom. The molecule has 0 amide bonds. The lowest BCUT2D eigenvalue weighted by Gasteiger charge is -2.02. The summed E-state index contributed by atoms with van der Waals surface area (Å²) in [6.45, 7) is 6.10. The maximum absolute atomic E-state index is 5.63. The van der Waals surface area contributed by atoms with Crippen LogP contribution in [0.15, 0.2) is 18.5 Å². The van der Waals surface area contributed by atoms with Crippen molar-refractivity contribution in [3.63, 3.8) is 0 Å². The van der Waals surface area contributed by atoms with Crippen LogP contribution in [0.1, 0.15) is 25.6 Å². The fraction of sp³-hybridized carbons (Fsp3) is 0.364. The fourth-order valence-corrected chi connectivity index (χ4v) is 1.47. The molecule has 2 heterocycles. The predicted octanol–water partition coefficient (Wildman–Crippen LogP) is 1.81. The Morgan fingerprint density at radius 3 is 2.69 bits per heavy atom. The number of anilines is 1. The second-order valence-corrected chi connectivity index (χ2v) is 4.01. The lowest BCUT2D eigenvalue weighted by atomic mass is 10.2. The van der Waals surface area contributed by atoms with Gasteiger partial charge in [-0.15, -0.1) is 0 Å². The fourth-order valence-electron chi connectivity index (χ4n) is 1.47. The molecule has 2 rings (SSSR count). The molecule has 5 heteroatoms. The Morgan fingerprint density at radius 2 is 2.12 bits per heavy atom. The van der Waals surface area contributed by atoms with Crippen molar-refractivity contribution < 1.29 is 0 Å². The Kier molecular flexibility index (Phi) is 2.60. The van der Waals surface area contributed by atoms with Gasteiger partial charge in [0, 0.05) is 18.4 Å². The van der Waals surface area contributed by atoms with E-state index in [1.54, 1.807) is 12.3 Å². The summed E-state index contributed by atoms with van der Waals surface area (Å²) in [6.07, 6.45) is 3.61. The molecule has 16 heavy (non-hydrogen) atoms. The van der Waals surface area contributed by atoms with Gasteiger partial charge in [0.1, 0.15) is 5.82 Å². The monoisotopic (exact) mass is 217 g/mol. The lowest BCUT2D eigenvalue weighted by Crippen LogP contribution is -2.00. The van der Waals surface area contributed by atoms with Gasteiger partial charge in [-0.25, -0.2) is 9.97 Å². The third-order valence-electron chi connectivity index (χ3n) is 2.36. The number of aromatic nitrogens is 4. The van der Waals surface area contributed by atoms with Gasteiger partial charge in [0.05, 0.1) is 11.3 Å². The average molecular weight is 217 g/mol. The first-order valence-corrected chi connectivity index (χ1v) is 5.22. The minimum Gasteiger partial charge on any atom is -0.384 e. The molecule has 2 aromatic heterocycles. The number of nitrogens with zero attached hydrogens (tertiary/aromatic N) is 4. The maximum atomic E-state index is 5.63. The molecule has 5 nitrogen and oxygen atoms in total. The van der Waals surface area contributed by atoms with E-state index in [0.717, 1.165) is 11.3 Å². The van der Waals surface area contributed by atoms with E-state index in [1.807, 2.05) is 17.8 Å². The quantitative estimate of drug-likeness (QED) is 0.832. The Hall–Kier alpha value is -1.91. The van der Waals surface area contributed by atoms with Gasteiger partial charge in [-0.05, 0) is 26.8 Å². The van der Waals surface area contributed by atoms with Crippen LogP contribution < -0.4 is 5.73 Å². The summed E-state index contributed by atoms with van der Waals surface area (Å²) in [5.41, 5.74) is 7.48. The van der Waals surface area contributed by atoms with E-state index in [9.17, 15) is 0 Å². The van der Waals surface area contributed by atoms with Crippen LogP contribution in [0.4, 0.5) is 5.82 Å². The number of hydrogen-bond donors (Lipinski definition) is 1. The minimum absolute atomic E-state index is 0.327. The van der Waals surface area contributed by atoms with Crippen molar-refractivity contribution in [1.82, 2.24) is 19.7 Å². The zero-order chi connectivity index (χ0) is 11.7. The van der Waals surface area contributed by atoms with E-state index in [-0.39, 0.29) is 0 Å². The zero-order valence-electron chi connectivity index (χ0n) is 9.68. The number of nitrogen functional groups attached to an aromatic ring is 1. The van der Waals surface area contributed by atoms with Crippen molar-refractivity contribution >= 4 is 5.82 Å². The predicted molar refractivity (Wildman–Crippen MR) is 62.8 cm³/mol. The van der Waals surface area contributed by atoms with Crippen LogP contribution in [0.25, 0.3) is 11.4 Å². The van der Waals surface area contributed by atoms with Gasteiger partial charge in [-0.1, -0.05) is 0 Å². The molecule has 2 aromatic rings. The Labute approximate surface area is 94.3 Å². The summed E-state index contributed by atoms with van der Waals surface area (Å²) >= 11 is 0. The molecule has 0 aliphatic carbocycles. The van der Waals surface area contributed by atoms with Gasteiger partial charge in [-0.3, -0.25) is 4.68 Å². The number of hydrogen-bond acceptors (Lipinski definition) is 4. The van der Waals surface area contributed by atoms with Crippen LogP contribution in [-0.2, 0) is 0 Å². The average Bonchev–Trinajstić information content (AvgIpc) is 2.60. The summed E-state index contributed by atoms with van der Waals surface area (Å²) in [7, 11) is 0. The normalized spacial score (nSPS) is 11.0.